The lowest BCUT2D eigenvalue weighted by atomic mass is 9.94. The van der Waals surface area contributed by atoms with E-state index < -0.39 is 0 Å². The second kappa shape index (κ2) is 11.7. The molecule has 4 rings (SSSR count). The molecule has 2 unspecified atom stereocenters. The van der Waals surface area contributed by atoms with Gasteiger partial charge in [-0.2, -0.15) is 0 Å². The van der Waals surface area contributed by atoms with Gasteiger partial charge in [0.15, 0.2) is 6.04 Å². The van der Waals surface area contributed by atoms with Crippen LogP contribution in [0.15, 0.2) is 85.5 Å². The van der Waals surface area contributed by atoms with E-state index in [0.717, 1.165) is 11.1 Å². The highest BCUT2D eigenvalue weighted by atomic mass is 16.5. The topological polar surface area (TPSA) is 35.1 Å². The van der Waals surface area contributed by atoms with Crippen LogP contribution in [0.5, 0.6) is 0 Å². The number of rotatable bonds is 10. The number of ketones is 1. The van der Waals surface area contributed by atoms with Gasteiger partial charge in [-0.05, 0) is 61.4 Å². The van der Waals surface area contributed by atoms with Crippen LogP contribution in [0.1, 0.15) is 82.6 Å². The van der Waals surface area contributed by atoms with Gasteiger partial charge in [0, 0.05) is 5.56 Å². The van der Waals surface area contributed by atoms with Crippen molar-refractivity contribution in [3.63, 3.8) is 0 Å². The van der Waals surface area contributed by atoms with E-state index in [1.54, 1.807) is 0 Å². The van der Waals surface area contributed by atoms with Crippen LogP contribution in [-0.2, 0) is 17.9 Å². The summed E-state index contributed by atoms with van der Waals surface area (Å²) in [5, 5.41) is 0. The number of Topliss-reactive ketones (excluding diaryl/α,β-unsaturated/α-hetero) is 1. The maximum Gasteiger partial charge on any atom is 0.244 e. The van der Waals surface area contributed by atoms with E-state index in [0.29, 0.717) is 19.1 Å². The molecule has 0 N–H and O–H groups in total. The third-order valence-corrected chi connectivity index (χ3v) is 7.24. The minimum absolute atomic E-state index is 0.107. The summed E-state index contributed by atoms with van der Waals surface area (Å²) >= 11 is 0. The quantitative estimate of drug-likeness (QED) is 0.172. The molecule has 3 aromatic carbocycles. The highest BCUT2D eigenvalue weighted by Crippen LogP contribution is 2.29. The van der Waals surface area contributed by atoms with Gasteiger partial charge in [0.1, 0.15) is 25.0 Å². The van der Waals surface area contributed by atoms with Gasteiger partial charge in [-0.15, -0.1) is 0 Å². The number of benzene rings is 3. The molecule has 4 nitrogen and oxygen atoms in total. The lowest BCUT2D eigenvalue weighted by molar-refractivity contribution is -0.705. The van der Waals surface area contributed by atoms with E-state index in [-0.39, 0.29) is 17.9 Å². The normalized spacial score (nSPS) is 13.1. The highest BCUT2D eigenvalue weighted by molar-refractivity contribution is 5.98. The van der Waals surface area contributed by atoms with Crippen molar-refractivity contribution < 1.29 is 14.1 Å². The Bertz CT molecular complexity index is 1350. The molecule has 0 amide bonds. The summed E-state index contributed by atoms with van der Waals surface area (Å²) in [6.45, 7) is 13.9. The van der Waals surface area contributed by atoms with Crippen molar-refractivity contribution in [2.75, 3.05) is 0 Å². The predicted molar refractivity (Wildman–Crippen MR) is 149 cm³/mol. The van der Waals surface area contributed by atoms with Gasteiger partial charge < -0.3 is 4.74 Å². The number of aryl methyl sites for hydroxylation is 3. The third kappa shape index (κ3) is 6.44. The van der Waals surface area contributed by atoms with E-state index in [2.05, 4.69) is 74.7 Å². The van der Waals surface area contributed by atoms with Gasteiger partial charge in [-0.25, -0.2) is 9.13 Å². The average molecular weight is 496 g/mol. The van der Waals surface area contributed by atoms with Crippen LogP contribution in [0, 0.1) is 20.8 Å². The summed E-state index contributed by atoms with van der Waals surface area (Å²) in [7, 11) is 0. The molecule has 1 heterocycles. The van der Waals surface area contributed by atoms with Crippen LogP contribution in [-0.4, -0.2) is 10.4 Å². The summed E-state index contributed by atoms with van der Waals surface area (Å²) in [6.07, 6.45) is 5.90. The number of nitrogens with zero attached hydrogens (tertiary/aromatic N) is 2. The fourth-order valence-corrected chi connectivity index (χ4v) is 4.69. The molecule has 0 saturated heterocycles. The fraction of sp³-hybridized carbons (Fsp3) is 0.333. The van der Waals surface area contributed by atoms with Crippen molar-refractivity contribution in [3.05, 3.63) is 124 Å². The molecule has 0 radical (unpaired) electrons. The van der Waals surface area contributed by atoms with Crippen molar-refractivity contribution in [1.82, 2.24) is 4.57 Å². The summed E-state index contributed by atoms with van der Waals surface area (Å²) in [5.41, 5.74) is 8.14. The number of imidazole rings is 1. The molecule has 0 saturated carbocycles. The number of ether oxygens (including phenoxy) is 1. The Morgan fingerprint density at radius 1 is 0.892 bits per heavy atom. The van der Waals surface area contributed by atoms with Crippen molar-refractivity contribution in [2.45, 2.75) is 72.8 Å². The molecule has 0 aliphatic heterocycles. The molecule has 192 valence electrons. The zero-order valence-corrected chi connectivity index (χ0v) is 22.9. The van der Waals surface area contributed by atoms with Gasteiger partial charge in [-0.3, -0.25) is 4.79 Å². The maximum absolute atomic E-state index is 13.1. The van der Waals surface area contributed by atoms with Crippen molar-refractivity contribution in [3.8, 4) is 0 Å². The van der Waals surface area contributed by atoms with Crippen molar-refractivity contribution in [1.29, 1.82) is 0 Å². The van der Waals surface area contributed by atoms with E-state index >= 15 is 0 Å². The standard InChI is InChI=1S/C33H39N2O2/c1-23(2)30-9-7-8-10-31(30)32(37-21-28-14-13-25(4)26(5)19-28)20-34-17-18-35(22-34)27(6)33(36)29-15-11-24(3)12-16-29/h7-19,22-23,27,32H,20-21H2,1-6H3/q+1. The first-order chi connectivity index (χ1) is 17.7. The first kappa shape index (κ1) is 26.6. The molecule has 0 aliphatic carbocycles. The molecule has 1 aromatic heterocycles. The van der Waals surface area contributed by atoms with E-state index in [1.165, 1.54) is 27.8 Å². The number of hydrogen-bond donors (Lipinski definition) is 0. The van der Waals surface area contributed by atoms with Crippen LogP contribution >= 0.6 is 0 Å². The zero-order valence-electron chi connectivity index (χ0n) is 22.9. The zero-order chi connectivity index (χ0) is 26.5. The second-order valence-corrected chi connectivity index (χ2v) is 10.5. The summed E-state index contributed by atoms with van der Waals surface area (Å²) in [4.78, 5) is 13.1. The monoisotopic (exact) mass is 495 g/mol. The molecule has 0 bridgehead atoms. The molecular formula is C33H39N2O2+. The van der Waals surface area contributed by atoms with Gasteiger partial charge in [0.25, 0.3) is 0 Å². The molecule has 37 heavy (non-hydrogen) atoms. The molecule has 2 atom stereocenters. The molecule has 4 heteroatoms. The minimum atomic E-state index is -0.290. The van der Waals surface area contributed by atoms with Gasteiger partial charge >= 0.3 is 0 Å². The summed E-state index contributed by atoms with van der Waals surface area (Å²) in [6, 6.07) is 22.6. The van der Waals surface area contributed by atoms with Crippen LogP contribution < -0.4 is 4.57 Å². The van der Waals surface area contributed by atoms with E-state index in [1.807, 2.05) is 61.4 Å². The number of aromatic nitrogens is 2. The average Bonchev–Trinajstić information content (AvgIpc) is 3.36. The highest BCUT2D eigenvalue weighted by Gasteiger charge is 2.24. The van der Waals surface area contributed by atoms with Crippen molar-refractivity contribution in [2.24, 2.45) is 0 Å². The molecule has 0 aliphatic rings. The summed E-state index contributed by atoms with van der Waals surface area (Å²) in [5.74, 6) is 0.501. The Balaban J connectivity index is 1.56. The second-order valence-electron chi connectivity index (χ2n) is 10.5. The summed E-state index contributed by atoms with van der Waals surface area (Å²) < 4.78 is 10.7. The van der Waals surface area contributed by atoms with Gasteiger partial charge in [0.05, 0.1) is 6.61 Å². The first-order valence-corrected chi connectivity index (χ1v) is 13.2. The molecule has 4 aromatic rings. The molecular weight excluding hydrogens is 456 g/mol. The SMILES string of the molecule is Cc1ccc(C(=O)C(C)n2cc[n+](CC(OCc3ccc(C)c(C)c3)c3ccccc3C(C)C)c2)cc1. The number of carbonyl (C=O) groups excluding carboxylic acids is 1. The van der Waals surface area contributed by atoms with Crippen LogP contribution in [0.25, 0.3) is 0 Å². The maximum atomic E-state index is 13.1. The molecule has 0 spiro atoms. The van der Waals surface area contributed by atoms with Crippen LogP contribution in [0.4, 0.5) is 0 Å². The first-order valence-electron chi connectivity index (χ1n) is 13.2. The Morgan fingerprint density at radius 2 is 1.59 bits per heavy atom. The Labute approximate surface area is 221 Å². The Kier molecular flexibility index (Phi) is 8.40. The lowest BCUT2D eigenvalue weighted by Gasteiger charge is -2.22. The number of hydrogen-bond acceptors (Lipinski definition) is 2. The fourth-order valence-electron chi connectivity index (χ4n) is 4.69. The molecule has 0 fully saturated rings. The van der Waals surface area contributed by atoms with E-state index in [9.17, 15) is 4.79 Å². The smallest absolute Gasteiger partial charge is 0.244 e. The van der Waals surface area contributed by atoms with Gasteiger partial charge in [0.2, 0.25) is 12.1 Å². The van der Waals surface area contributed by atoms with Crippen molar-refractivity contribution >= 4 is 5.78 Å². The van der Waals surface area contributed by atoms with Crippen LogP contribution in [0.3, 0.4) is 0 Å². The lowest BCUT2D eigenvalue weighted by Crippen LogP contribution is -2.36. The number of carbonyl (C=O) groups is 1. The predicted octanol–water partition coefficient (Wildman–Crippen LogP) is 7.23. The largest absolute Gasteiger partial charge is 0.365 e. The third-order valence-electron chi connectivity index (χ3n) is 7.24. The Morgan fingerprint density at radius 3 is 2.27 bits per heavy atom. The van der Waals surface area contributed by atoms with E-state index in [4.69, 9.17) is 4.74 Å². The van der Waals surface area contributed by atoms with Crippen LogP contribution in [0.2, 0.25) is 0 Å². The minimum Gasteiger partial charge on any atom is -0.365 e. The Hall–Kier alpha value is -3.50. The van der Waals surface area contributed by atoms with Gasteiger partial charge in [-0.1, -0.05) is 86.1 Å².